The number of alkyl halides is 2. The highest BCUT2D eigenvalue weighted by Crippen LogP contribution is 2.26. The lowest BCUT2D eigenvalue weighted by Crippen LogP contribution is -2.42. The second-order valence-corrected chi connectivity index (χ2v) is 10.2. The molecule has 2 fully saturated rings. The average Bonchev–Trinajstić information content (AvgIpc) is 2.98. The van der Waals surface area contributed by atoms with E-state index in [0.29, 0.717) is 5.92 Å². The summed E-state index contributed by atoms with van der Waals surface area (Å²) in [5, 5.41) is 2.50. The number of anilines is 1. The van der Waals surface area contributed by atoms with Crippen LogP contribution in [0.4, 0.5) is 14.5 Å². The first-order valence-electron chi connectivity index (χ1n) is 10.7. The quantitative estimate of drug-likeness (QED) is 0.701. The molecule has 0 aromatic heterocycles. The van der Waals surface area contributed by atoms with Crippen LogP contribution < -0.4 is 5.32 Å². The van der Waals surface area contributed by atoms with Crippen molar-refractivity contribution in [3.05, 3.63) is 24.3 Å². The van der Waals surface area contributed by atoms with E-state index in [1.807, 2.05) is 4.90 Å². The monoisotopic (exact) mass is 443 g/mol. The fraction of sp³-hybridized carbons (Fsp3) is 0.667. The van der Waals surface area contributed by atoms with E-state index in [1.54, 1.807) is 0 Å². The Morgan fingerprint density at radius 1 is 1.00 bits per heavy atom. The number of para-hydroxylation sites is 1. The van der Waals surface area contributed by atoms with Gasteiger partial charge in [-0.3, -0.25) is 9.69 Å². The molecular weight excluding hydrogens is 412 g/mol. The van der Waals surface area contributed by atoms with Gasteiger partial charge in [-0.2, -0.15) is 8.78 Å². The number of amides is 1. The van der Waals surface area contributed by atoms with Crippen LogP contribution in [0.25, 0.3) is 0 Å². The number of carbonyl (C=O) groups excluding carboxylic acids is 1. The number of likely N-dealkylation sites (tertiary alicyclic amines) is 2. The molecule has 1 N–H and O–H groups in total. The van der Waals surface area contributed by atoms with E-state index in [9.17, 15) is 22.0 Å². The third-order valence-corrected chi connectivity index (χ3v) is 7.43. The topological polar surface area (TPSA) is 69.7 Å². The molecular formula is C21H31F2N3O3S. The third kappa shape index (κ3) is 6.21. The summed E-state index contributed by atoms with van der Waals surface area (Å²) in [7, 11) is -4.78. The summed E-state index contributed by atoms with van der Waals surface area (Å²) in [6.45, 7) is 5.23. The van der Waals surface area contributed by atoms with Crippen molar-refractivity contribution in [3.8, 4) is 0 Å². The standard InChI is InChI=1S/C21H31F2N3O3S/c22-21(23)30(28,29)19-8-4-3-7-18(19)24-20(27)16-26-13-9-17(10-14-26)15-25-11-5-1-2-6-12-25/h3-4,7-8,17,21H,1-2,5-6,9-16H2,(H,24,27). The van der Waals surface area contributed by atoms with Crippen molar-refractivity contribution in [3.63, 3.8) is 0 Å². The molecule has 0 unspecified atom stereocenters. The molecule has 1 aromatic carbocycles. The van der Waals surface area contributed by atoms with Crippen LogP contribution in [-0.4, -0.2) is 69.2 Å². The number of nitrogens with zero attached hydrogens (tertiary/aromatic N) is 2. The summed E-state index contributed by atoms with van der Waals surface area (Å²) in [5.74, 6) is -3.28. The van der Waals surface area contributed by atoms with Crippen LogP contribution in [0.2, 0.25) is 0 Å². The first-order chi connectivity index (χ1) is 14.4. The van der Waals surface area contributed by atoms with Crippen molar-refractivity contribution in [2.75, 3.05) is 44.6 Å². The smallest absolute Gasteiger partial charge is 0.324 e. The molecule has 1 aromatic rings. The Bertz CT molecular complexity index is 803. The molecule has 2 saturated heterocycles. The number of nitrogens with one attached hydrogen (secondary N) is 1. The fourth-order valence-electron chi connectivity index (χ4n) is 4.32. The normalized spacial score (nSPS) is 20.2. The molecule has 1 amide bonds. The van der Waals surface area contributed by atoms with E-state index in [-0.39, 0.29) is 12.2 Å². The van der Waals surface area contributed by atoms with E-state index < -0.39 is 26.4 Å². The molecule has 0 atom stereocenters. The SMILES string of the molecule is O=C(CN1CCC(CN2CCCCCC2)CC1)Nc1ccccc1S(=O)(=O)C(F)F. The van der Waals surface area contributed by atoms with Crippen molar-refractivity contribution in [1.82, 2.24) is 9.80 Å². The van der Waals surface area contributed by atoms with Gasteiger partial charge in [0.1, 0.15) is 0 Å². The molecule has 2 aliphatic heterocycles. The number of piperidine rings is 1. The summed E-state index contributed by atoms with van der Waals surface area (Å²) in [6.07, 6.45) is 7.27. The van der Waals surface area contributed by atoms with Gasteiger partial charge in [0, 0.05) is 6.54 Å². The van der Waals surface area contributed by atoms with Crippen LogP contribution >= 0.6 is 0 Å². The summed E-state index contributed by atoms with van der Waals surface area (Å²) < 4.78 is 49.5. The Balaban J connectivity index is 1.49. The predicted octanol–water partition coefficient (Wildman–Crippen LogP) is 3.21. The van der Waals surface area contributed by atoms with Gasteiger partial charge in [-0.05, 0) is 69.9 Å². The van der Waals surface area contributed by atoms with Crippen LogP contribution in [0.3, 0.4) is 0 Å². The van der Waals surface area contributed by atoms with Gasteiger partial charge in [-0.15, -0.1) is 0 Å². The van der Waals surface area contributed by atoms with Crippen molar-refractivity contribution in [2.45, 2.75) is 49.2 Å². The number of hydrogen-bond acceptors (Lipinski definition) is 5. The van der Waals surface area contributed by atoms with Gasteiger partial charge in [0.05, 0.1) is 17.1 Å². The van der Waals surface area contributed by atoms with Crippen LogP contribution in [0.1, 0.15) is 38.5 Å². The molecule has 0 bridgehead atoms. The van der Waals surface area contributed by atoms with Gasteiger partial charge in [0.25, 0.3) is 0 Å². The minimum absolute atomic E-state index is 0.0983. The van der Waals surface area contributed by atoms with Gasteiger partial charge in [-0.25, -0.2) is 8.42 Å². The molecule has 30 heavy (non-hydrogen) atoms. The van der Waals surface area contributed by atoms with Crippen LogP contribution in [0.15, 0.2) is 29.2 Å². The van der Waals surface area contributed by atoms with E-state index in [1.165, 1.54) is 57.0 Å². The number of sulfone groups is 1. The summed E-state index contributed by atoms with van der Waals surface area (Å²) in [5.41, 5.74) is -0.0983. The third-order valence-electron chi connectivity index (χ3n) is 5.99. The van der Waals surface area contributed by atoms with Crippen LogP contribution in [0.5, 0.6) is 0 Å². The molecule has 168 valence electrons. The Morgan fingerprint density at radius 2 is 1.63 bits per heavy atom. The van der Waals surface area contributed by atoms with Crippen LogP contribution in [0, 0.1) is 5.92 Å². The Hall–Kier alpha value is -1.58. The van der Waals surface area contributed by atoms with Crippen LogP contribution in [-0.2, 0) is 14.6 Å². The van der Waals surface area contributed by atoms with Crippen molar-refractivity contribution < 1.29 is 22.0 Å². The van der Waals surface area contributed by atoms with Crippen molar-refractivity contribution >= 4 is 21.4 Å². The molecule has 9 heteroatoms. The molecule has 2 heterocycles. The zero-order chi connectivity index (χ0) is 21.6. The Kier molecular flexibility index (Phi) is 8.19. The lowest BCUT2D eigenvalue weighted by Gasteiger charge is -2.34. The second kappa shape index (κ2) is 10.6. The molecule has 0 aliphatic carbocycles. The fourth-order valence-corrected chi connectivity index (χ4v) is 5.20. The minimum atomic E-state index is -4.78. The van der Waals surface area contributed by atoms with E-state index in [2.05, 4.69) is 10.2 Å². The van der Waals surface area contributed by atoms with Gasteiger partial charge in [0.15, 0.2) is 0 Å². The van der Waals surface area contributed by atoms with E-state index >= 15 is 0 Å². The summed E-state index contributed by atoms with van der Waals surface area (Å²) in [4.78, 5) is 16.5. The zero-order valence-corrected chi connectivity index (χ0v) is 18.0. The predicted molar refractivity (Wildman–Crippen MR) is 112 cm³/mol. The number of benzene rings is 1. The largest absolute Gasteiger partial charge is 0.341 e. The molecule has 0 spiro atoms. The lowest BCUT2D eigenvalue weighted by molar-refractivity contribution is -0.117. The Labute approximate surface area is 177 Å². The van der Waals surface area contributed by atoms with Gasteiger partial charge in [0.2, 0.25) is 15.7 Å². The highest BCUT2D eigenvalue weighted by atomic mass is 32.2. The van der Waals surface area contributed by atoms with E-state index in [0.717, 1.165) is 38.5 Å². The summed E-state index contributed by atoms with van der Waals surface area (Å²) >= 11 is 0. The average molecular weight is 444 g/mol. The minimum Gasteiger partial charge on any atom is -0.324 e. The highest BCUT2D eigenvalue weighted by molar-refractivity contribution is 7.91. The number of halogens is 2. The maximum absolute atomic E-state index is 12.9. The number of rotatable bonds is 7. The van der Waals surface area contributed by atoms with Gasteiger partial charge >= 0.3 is 5.76 Å². The molecule has 6 nitrogen and oxygen atoms in total. The maximum atomic E-state index is 12.9. The first kappa shape index (κ1) is 23.1. The lowest BCUT2D eigenvalue weighted by atomic mass is 9.96. The molecule has 0 saturated carbocycles. The van der Waals surface area contributed by atoms with Crippen molar-refractivity contribution in [1.29, 1.82) is 0 Å². The Morgan fingerprint density at radius 3 is 2.27 bits per heavy atom. The molecule has 3 rings (SSSR count). The second-order valence-electron chi connectivity index (χ2n) is 8.28. The van der Waals surface area contributed by atoms with E-state index in [4.69, 9.17) is 0 Å². The number of hydrogen-bond donors (Lipinski definition) is 1. The molecule has 2 aliphatic rings. The van der Waals surface area contributed by atoms with Gasteiger partial charge in [-0.1, -0.05) is 25.0 Å². The molecule has 0 radical (unpaired) electrons. The number of carbonyl (C=O) groups is 1. The van der Waals surface area contributed by atoms with Crippen molar-refractivity contribution in [2.24, 2.45) is 5.92 Å². The first-order valence-corrected chi connectivity index (χ1v) is 12.3. The summed E-state index contributed by atoms with van der Waals surface area (Å²) in [6, 6.07) is 5.29. The van der Waals surface area contributed by atoms with Gasteiger partial charge < -0.3 is 10.2 Å². The highest BCUT2D eigenvalue weighted by Gasteiger charge is 2.30. The maximum Gasteiger partial charge on any atom is 0.341 e. The zero-order valence-electron chi connectivity index (χ0n) is 17.2.